The molecule has 2 N–H and O–H groups in total. The Hall–Kier alpha value is -0.450. The fourth-order valence-electron chi connectivity index (χ4n) is 2.53. The summed E-state index contributed by atoms with van der Waals surface area (Å²) in [5.41, 5.74) is 6.16. The van der Waals surface area contributed by atoms with Gasteiger partial charge in [0.2, 0.25) is 0 Å². The van der Waals surface area contributed by atoms with Gasteiger partial charge in [0.15, 0.2) is 0 Å². The number of hydrogen-bond donors (Lipinski definition) is 1. The molecule has 96 valence electrons. The van der Waals surface area contributed by atoms with Crippen LogP contribution >= 0.6 is 11.8 Å². The highest BCUT2D eigenvalue weighted by atomic mass is 32.2. The lowest BCUT2D eigenvalue weighted by Crippen LogP contribution is -2.50. The molecule has 0 aliphatic carbocycles. The van der Waals surface area contributed by atoms with Crippen LogP contribution in [0, 0.1) is 0 Å². The molecule has 2 rings (SSSR count). The SMILES string of the molecule is CC(N)C(c1ccco1)N1CCSC(C)C1C. The summed E-state index contributed by atoms with van der Waals surface area (Å²) >= 11 is 2.04. The topological polar surface area (TPSA) is 42.4 Å². The van der Waals surface area contributed by atoms with Gasteiger partial charge in [-0.3, -0.25) is 4.90 Å². The molecular weight excluding hydrogens is 232 g/mol. The molecule has 1 aromatic rings. The number of nitrogens with two attached hydrogens (primary N) is 1. The molecule has 1 aromatic heterocycles. The highest BCUT2D eigenvalue weighted by Crippen LogP contribution is 2.33. The summed E-state index contributed by atoms with van der Waals surface area (Å²) in [5, 5.41) is 0.653. The number of thioether (sulfide) groups is 1. The largest absolute Gasteiger partial charge is 0.468 e. The molecule has 4 unspecified atom stereocenters. The van der Waals surface area contributed by atoms with Gasteiger partial charge < -0.3 is 10.2 Å². The second kappa shape index (κ2) is 5.46. The Morgan fingerprint density at radius 1 is 1.53 bits per heavy atom. The highest BCUT2D eigenvalue weighted by molar-refractivity contribution is 8.00. The lowest BCUT2D eigenvalue weighted by atomic mass is 10.0. The zero-order valence-corrected chi connectivity index (χ0v) is 11.6. The average molecular weight is 254 g/mol. The van der Waals surface area contributed by atoms with Crippen LogP contribution in [0.4, 0.5) is 0 Å². The van der Waals surface area contributed by atoms with E-state index in [9.17, 15) is 0 Å². The Morgan fingerprint density at radius 3 is 2.88 bits per heavy atom. The quantitative estimate of drug-likeness (QED) is 0.900. The van der Waals surface area contributed by atoms with Gasteiger partial charge in [0.25, 0.3) is 0 Å². The van der Waals surface area contributed by atoms with Crippen molar-refractivity contribution in [3.05, 3.63) is 24.2 Å². The Morgan fingerprint density at radius 2 is 2.29 bits per heavy atom. The smallest absolute Gasteiger partial charge is 0.122 e. The van der Waals surface area contributed by atoms with Gasteiger partial charge in [0.05, 0.1) is 12.3 Å². The molecule has 0 amide bonds. The van der Waals surface area contributed by atoms with Crippen LogP contribution in [-0.2, 0) is 0 Å². The molecule has 1 fully saturated rings. The molecule has 1 saturated heterocycles. The molecule has 17 heavy (non-hydrogen) atoms. The molecule has 3 nitrogen and oxygen atoms in total. The lowest BCUT2D eigenvalue weighted by Gasteiger charge is -2.43. The minimum Gasteiger partial charge on any atom is -0.468 e. The molecule has 1 aliphatic rings. The molecule has 4 atom stereocenters. The van der Waals surface area contributed by atoms with Crippen molar-refractivity contribution in [1.82, 2.24) is 4.90 Å². The summed E-state index contributed by atoms with van der Waals surface area (Å²) in [4.78, 5) is 2.49. The first kappa shape index (κ1) is 13.0. The highest BCUT2D eigenvalue weighted by Gasteiger charge is 2.34. The molecule has 0 bridgehead atoms. The summed E-state index contributed by atoms with van der Waals surface area (Å²) in [6, 6.07) is 4.79. The van der Waals surface area contributed by atoms with Gasteiger partial charge in [0, 0.05) is 29.6 Å². The monoisotopic (exact) mass is 254 g/mol. The van der Waals surface area contributed by atoms with Crippen LogP contribution in [0.15, 0.2) is 22.8 Å². The van der Waals surface area contributed by atoms with Crippen molar-refractivity contribution in [2.75, 3.05) is 12.3 Å². The van der Waals surface area contributed by atoms with Gasteiger partial charge >= 0.3 is 0 Å². The van der Waals surface area contributed by atoms with Crippen molar-refractivity contribution in [3.8, 4) is 0 Å². The Bertz CT molecular complexity index is 339. The van der Waals surface area contributed by atoms with E-state index in [0.29, 0.717) is 11.3 Å². The van der Waals surface area contributed by atoms with E-state index < -0.39 is 0 Å². The minimum absolute atomic E-state index is 0.0823. The van der Waals surface area contributed by atoms with Crippen molar-refractivity contribution in [3.63, 3.8) is 0 Å². The Kier molecular flexibility index (Phi) is 4.17. The fraction of sp³-hybridized carbons (Fsp3) is 0.692. The summed E-state index contributed by atoms with van der Waals surface area (Å²) in [6.45, 7) is 7.73. The van der Waals surface area contributed by atoms with E-state index in [1.807, 2.05) is 23.9 Å². The molecule has 4 heteroatoms. The predicted octanol–water partition coefficient (Wildman–Crippen LogP) is 2.49. The van der Waals surface area contributed by atoms with E-state index in [2.05, 4.69) is 25.7 Å². The van der Waals surface area contributed by atoms with Crippen LogP contribution in [0.2, 0.25) is 0 Å². The van der Waals surface area contributed by atoms with Gasteiger partial charge in [-0.05, 0) is 26.0 Å². The molecule has 0 saturated carbocycles. The van der Waals surface area contributed by atoms with E-state index in [4.69, 9.17) is 10.2 Å². The van der Waals surface area contributed by atoms with Crippen molar-refractivity contribution < 1.29 is 4.42 Å². The van der Waals surface area contributed by atoms with Crippen LogP contribution in [0.25, 0.3) is 0 Å². The first-order valence-corrected chi connectivity index (χ1v) is 7.32. The number of rotatable bonds is 3. The fourth-order valence-corrected chi connectivity index (χ4v) is 3.66. The number of furan rings is 1. The van der Waals surface area contributed by atoms with Crippen molar-refractivity contribution in [1.29, 1.82) is 0 Å². The Labute approximate surface area is 108 Å². The van der Waals surface area contributed by atoms with Gasteiger partial charge in [0.1, 0.15) is 5.76 Å². The van der Waals surface area contributed by atoms with E-state index in [1.54, 1.807) is 6.26 Å². The third-order valence-corrected chi connectivity index (χ3v) is 4.96. The van der Waals surface area contributed by atoms with Crippen molar-refractivity contribution in [2.24, 2.45) is 5.73 Å². The Balaban J connectivity index is 2.21. The van der Waals surface area contributed by atoms with E-state index >= 15 is 0 Å². The molecule has 0 spiro atoms. The molecular formula is C13H22N2OS. The first-order valence-electron chi connectivity index (χ1n) is 6.27. The zero-order valence-electron chi connectivity index (χ0n) is 10.8. The van der Waals surface area contributed by atoms with Gasteiger partial charge in [-0.15, -0.1) is 0 Å². The zero-order chi connectivity index (χ0) is 12.4. The van der Waals surface area contributed by atoms with Crippen LogP contribution in [-0.4, -0.2) is 34.5 Å². The summed E-state index contributed by atoms with van der Waals surface area (Å²) in [6.07, 6.45) is 1.73. The molecule has 1 aliphatic heterocycles. The van der Waals surface area contributed by atoms with Gasteiger partial charge in [-0.25, -0.2) is 0 Å². The first-order chi connectivity index (χ1) is 8.11. The van der Waals surface area contributed by atoms with Crippen LogP contribution < -0.4 is 5.73 Å². The van der Waals surface area contributed by atoms with Crippen LogP contribution in [0.5, 0.6) is 0 Å². The van der Waals surface area contributed by atoms with E-state index in [-0.39, 0.29) is 12.1 Å². The van der Waals surface area contributed by atoms with E-state index in [1.165, 1.54) is 5.75 Å². The summed E-state index contributed by atoms with van der Waals surface area (Å²) in [7, 11) is 0. The van der Waals surface area contributed by atoms with E-state index in [0.717, 1.165) is 12.3 Å². The average Bonchev–Trinajstić information content (AvgIpc) is 2.77. The molecule has 2 heterocycles. The second-order valence-corrected chi connectivity index (χ2v) is 6.36. The summed E-state index contributed by atoms with van der Waals surface area (Å²) < 4.78 is 5.57. The van der Waals surface area contributed by atoms with Crippen LogP contribution in [0.1, 0.15) is 32.6 Å². The van der Waals surface area contributed by atoms with Crippen molar-refractivity contribution in [2.45, 2.75) is 44.1 Å². The maximum Gasteiger partial charge on any atom is 0.122 e. The van der Waals surface area contributed by atoms with Gasteiger partial charge in [-0.2, -0.15) is 11.8 Å². The predicted molar refractivity (Wildman–Crippen MR) is 73.2 cm³/mol. The number of hydrogen-bond acceptors (Lipinski definition) is 4. The van der Waals surface area contributed by atoms with Crippen molar-refractivity contribution >= 4 is 11.8 Å². The standard InChI is InChI=1S/C13H22N2OS/c1-9(14)13(12-5-4-7-16-12)15-6-8-17-11(3)10(15)2/h4-5,7,9-11,13H,6,8,14H2,1-3H3. The second-order valence-electron chi connectivity index (χ2n) is 4.87. The third-order valence-electron chi connectivity index (χ3n) is 3.62. The molecule has 0 aromatic carbocycles. The molecule has 0 radical (unpaired) electrons. The third kappa shape index (κ3) is 2.69. The maximum absolute atomic E-state index is 6.16. The van der Waals surface area contributed by atoms with Crippen LogP contribution in [0.3, 0.4) is 0 Å². The normalized spacial score (nSPS) is 30.1. The maximum atomic E-state index is 6.16. The summed E-state index contributed by atoms with van der Waals surface area (Å²) in [5.74, 6) is 2.17. The lowest BCUT2D eigenvalue weighted by molar-refractivity contribution is 0.113. The number of nitrogens with zero attached hydrogens (tertiary/aromatic N) is 1. The minimum atomic E-state index is 0.0823. The van der Waals surface area contributed by atoms with Gasteiger partial charge in [-0.1, -0.05) is 6.92 Å².